The maximum atomic E-state index is 13.0. The third-order valence-electron chi connectivity index (χ3n) is 14.6. The van der Waals surface area contributed by atoms with E-state index in [1.165, 1.54) is 250 Å². The van der Waals surface area contributed by atoms with Crippen molar-refractivity contribution in [2.45, 2.75) is 328 Å². The summed E-state index contributed by atoms with van der Waals surface area (Å²) in [6.45, 7) is 4.63. The zero-order valence-electron chi connectivity index (χ0n) is 49.4. The standard InChI is InChI=1S/C64H125N2O6P/c1-6-8-10-12-14-16-18-20-22-23-24-25-26-27-28-29-30-31-32-33-34-35-36-37-38-39-40-41-42-43-44-46-48-50-52-54-56-58-64(68)65-62(61-72-73(69,70)71-60-59-66(3,4)5)63(67)57-55-53-51-49-47-45-21-19-17-15-13-11-9-7-2/h17,19,47,49,55,57,62-63,67H,6-16,18,20-46,48,50-54,56,58-61H2,1-5H3,(H-,65,68,69,70)/b19-17+,49-47+,57-55+. The topological polar surface area (TPSA) is 108 Å². The number of likely N-dealkylation sites (N-methyl/N-ethyl adjacent to an activating group) is 1. The summed E-state index contributed by atoms with van der Waals surface area (Å²) in [5, 5.41) is 13.8. The van der Waals surface area contributed by atoms with Crippen LogP contribution in [0.3, 0.4) is 0 Å². The van der Waals surface area contributed by atoms with Gasteiger partial charge in [-0.2, -0.15) is 0 Å². The van der Waals surface area contributed by atoms with Crippen molar-refractivity contribution >= 4 is 13.7 Å². The predicted molar refractivity (Wildman–Crippen MR) is 316 cm³/mol. The molecule has 0 rings (SSSR count). The second-order valence-corrected chi connectivity index (χ2v) is 24.5. The Kier molecular flexibility index (Phi) is 54.5. The smallest absolute Gasteiger partial charge is 0.268 e. The molecule has 0 spiro atoms. The van der Waals surface area contributed by atoms with Crippen LogP contribution in [0.15, 0.2) is 36.5 Å². The summed E-state index contributed by atoms with van der Waals surface area (Å²) in [6.07, 6.45) is 72.8. The lowest BCUT2D eigenvalue weighted by Crippen LogP contribution is -2.45. The molecule has 3 unspecified atom stereocenters. The van der Waals surface area contributed by atoms with Crippen molar-refractivity contribution in [3.05, 3.63) is 36.5 Å². The zero-order valence-corrected chi connectivity index (χ0v) is 50.3. The molecule has 0 aromatic carbocycles. The van der Waals surface area contributed by atoms with Crippen LogP contribution in [-0.2, 0) is 18.4 Å². The number of allylic oxidation sites excluding steroid dienone is 5. The van der Waals surface area contributed by atoms with Gasteiger partial charge in [0.2, 0.25) is 5.91 Å². The minimum atomic E-state index is -4.60. The molecule has 0 saturated carbocycles. The van der Waals surface area contributed by atoms with Crippen LogP contribution in [0.2, 0.25) is 0 Å². The number of aliphatic hydroxyl groups is 1. The molecule has 0 aliphatic heterocycles. The van der Waals surface area contributed by atoms with Crippen molar-refractivity contribution in [2.24, 2.45) is 0 Å². The molecule has 9 heteroatoms. The largest absolute Gasteiger partial charge is 0.756 e. The lowest BCUT2D eigenvalue weighted by Gasteiger charge is -2.29. The Morgan fingerprint density at radius 3 is 1.11 bits per heavy atom. The van der Waals surface area contributed by atoms with E-state index >= 15 is 0 Å². The maximum absolute atomic E-state index is 13.0. The van der Waals surface area contributed by atoms with Crippen LogP contribution in [0.5, 0.6) is 0 Å². The fourth-order valence-electron chi connectivity index (χ4n) is 9.60. The molecule has 0 heterocycles. The minimum absolute atomic E-state index is 0.00756. The van der Waals surface area contributed by atoms with Gasteiger partial charge in [0.05, 0.1) is 39.9 Å². The number of rotatable bonds is 59. The number of phosphoric ester groups is 1. The molecule has 8 nitrogen and oxygen atoms in total. The van der Waals surface area contributed by atoms with Crippen LogP contribution in [0.1, 0.15) is 316 Å². The van der Waals surface area contributed by atoms with Gasteiger partial charge in [-0.3, -0.25) is 9.36 Å². The first-order valence-electron chi connectivity index (χ1n) is 31.9. The van der Waals surface area contributed by atoms with E-state index in [0.717, 1.165) is 44.9 Å². The Hall–Kier alpha value is -1.28. The average Bonchev–Trinajstić information content (AvgIpc) is 3.35. The summed E-state index contributed by atoms with van der Waals surface area (Å²) in [5.41, 5.74) is 0. The van der Waals surface area contributed by atoms with Crippen molar-refractivity contribution in [3.8, 4) is 0 Å². The highest BCUT2D eigenvalue weighted by Gasteiger charge is 2.23. The first-order valence-corrected chi connectivity index (χ1v) is 33.3. The fraction of sp³-hybridized carbons (Fsp3) is 0.891. The number of hydrogen-bond acceptors (Lipinski definition) is 6. The van der Waals surface area contributed by atoms with Crippen molar-refractivity contribution in [1.29, 1.82) is 0 Å². The molecule has 3 atom stereocenters. The molecule has 2 N–H and O–H groups in total. The van der Waals surface area contributed by atoms with E-state index in [-0.39, 0.29) is 12.5 Å². The van der Waals surface area contributed by atoms with Crippen LogP contribution in [-0.4, -0.2) is 68.5 Å². The highest BCUT2D eigenvalue weighted by Crippen LogP contribution is 2.38. The highest BCUT2D eigenvalue weighted by atomic mass is 31.2. The van der Waals surface area contributed by atoms with Gasteiger partial charge in [0.1, 0.15) is 13.2 Å². The lowest BCUT2D eigenvalue weighted by molar-refractivity contribution is -0.870. The van der Waals surface area contributed by atoms with E-state index in [2.05, 4.69) is 43.5 Å². The van der Waals surface area contributed by atoms with Crippen LogP contribution in [0.4, 0.5) is 0 Å². The first kappa shape index (κ1) is 71.7. The number of aliphatic hydroxyl groups excluding tert-OH is 1. The number of nitrogens with zero attached hydrogens (tertiary/aromatic N) is 1. The Labute approximate surface area is 455 Å². The SMILES string of the molecule is CCCCCC/C=C/CC/C=C/CC/C=C/C(O)C(COP(=O)([O-])OCC[N+](C)(C)C)NC(=O)CCCCCCCCCCCCCCCCCCCCCCCCCCCCCCCCCCCCCCC. The molecular weight excluding hydrogens is 924 g/mol. The lowest BCUT2D eigenvalue weighted by atomic mass is 10.0. The summed E-state index contributed by atoms with van der Waals surface area (Å²) in [5.74, 6) is -0.206. The van der Waals surface area contributed by atoms with Gasteiger partial charge in [-0.05, 0) is 44.9 Å². The van der Waals surface area contributed by atoms with E-state index in [0.29, 0.717) is 17.4 Å². The van der Waals surface area contributed by atoms with E-state index in [9.17, 15) is 19.4 Å². The molecule has 1 amide bonds. The second-order valence-electron chi connectivity index (χ2n) is 23.1. The Morgan fingerprint density at radius 1 is 0.466 bits per heavy atom. The van der Waals surface area contributed by atoms with Gasteiger partial charge < -0.3 is 28.8 Å². The molecular formula is C64H125N2O6P. The monoisotopic (exact) mass is 1050 g/mol. The van der Waals surface area contributed by atoms with Gasteiger partial charge in [0.25, 0.3) is 7.82 Å². The van der Waals surface area contributed by atoms with Crippen molar-refractivity contribution in [1.82, 2.24) is 5.32 Å². The molecule has 0 fully saturated rings. The number of unbranched alkanes of at least 4 members (excludes halogenated alkanes) is 42. The average molecular weight is 1050 g/mol. The van der Waals surface area contributed by atoms with Gasteiger partial charge in [0.15, 0.2) is 0 Å². The Bertz CT molecular complexity index is 1280. The molecule has 432 valence electrons. The Morgan fingerprint density at radius 2 is 0.767 bits per heavy atom. The molecule has 73 heavy (non-hydrogen) atoms. The quantitative estimate of drug-likeness (QED) is 0.0272. The highest BCUT2D eigenvalue weighted by molar-refractivity contribution is 7.45. The summed E-state index contributed by atoms with van der Waals surface area (Å²) < 4.78 is 23.3. The van der Waals surface area contributed by atoms with E-state index < -0.39 is 26.6 Å². The fourth-order valence-corrected chi connectivity index (χ4v) is 10.3. The molecule has 0 saturated heterocycles. The molecule has 0 radical (unpaired) electrons. The van der Waals surface area contributed by atoms with Gasteiger partial charge >= 0.3 is 0 Å². The number of hydrogen-bond donors (Lipinski definition) is 2. The third-order valence-corrected chi connectivity index (χ3v) is 15.5. The zero-order chi connectivity index (χ0) is 53.5. The number of quaternary nitrogens is 1. The van der Waals surface area contributed by atoms with Crippen LogP contribution in [0.25, 0.3) is 0 Å². The van der Waals surface area contributed by atoms with Gasteiger partial charge in [-0.1, -0.05) is 301 Å². The molecule has 0 aromatic heterocycles. The summed E-state index contributed by atoms with van der Waals surface area (Å²) in [6, 6.07) is -0.907. The first-order chi connectivity index (χ1) is 35.5. The summed E-state index contributed by atoms with van der Waals surface area (Å²) in [4.78, 5) is 25.5. The molecule has 0 aliphatic carbocycles. The normalized spacial score (nSPS) is 14.0. The molecule has 0 aliphatic rings. The molecule has 0 bridgehead atoms. The summed E-state index contributed by atoms with van der Waals surface area (Å²) in [7, 11) is 1.24. The van der Waals surface area contributed by atoms with Crippen LogP contribution in [0, 0.1) is 0 Å². The van der Waals surface area contributed by atoms with Crippen molar-refractivity contribution < 1.29 is 32.9 Å². The Balaban J connectivity index is 3.91. The number of carbonyl (C=O) groups excluding carboxylic acids is 1. The van der Waals surface area contributed by atoms with Gasteiger partial charge in [-0.15, -0.1) is 0 Å². The summed E-state index contributed by atoms with van der Waals surface area (Å²) >= 11 is 0. The van der Waals surface area contributed by atoms with Crippen molar-refractivity contribution in [2.75, 3.05) is 40.9 Å². The van der Waals surface area contributed by atoms with E-state index in [4.69, 9.17) is 9.05 Å². The van der Waals surface area contributed by atoms with Crippen molar-refractivity contribution in [3.63, 3.8) is 0 Å². The third kappa shape index (κ3) is 58.2. The number of nitrogens with one attached hydrogen (secondary N) is 1. The van der Waals surface area contributed by atoms with E-state index in [1.54, 1.807) is 6.08 Å². The minimum Gasteiger partial charge on any atom is -0.756 e. The number of phosphoric acid groups is 1. The predicted octanol–water partition coefficient (Wildman–Crippen LogP) is 19.1. The maximum Gasteiger partial charge on any atom is 0.268 e. The number of carbonyl (C=O) groups is 1. The van der Waals surface area contributed by atoms with Gasteiger partial charge in [0, 0.05) is 6.42 Å². The van der Waals surface area contributed by atoms with Crippen LogP contribution >= 0.6 is 7.82 Å². The van der Waals surface area contributed by atoms with Crippen LogP contribution < -0.4 is 10.2 Å². The molecule has 0 aromatic rings. The number of amides is 1. The second kappa shape index (κ2) is 55.5. The van der Waals surface area contributed by atoms with E-state index in [1.807, 2.05) is 27.2 Å². The van der Waals surface area contributed by atoms with Gasteiger partial charge in [-0.25, -0.2) is 0 Å².